The van der Waals surface area contributed by atoms with Crippen molar-refractivity contribution >= 4 is 27.5 Å². The maximum absolute atomic E-state index is 14.4. The molecule has 45 heavy (non-hydrogen) atoms. The van der Waals surface area contributed by atoms with Crippen LogP contribution in [0.15, 0.2) is 102 Å². The Labute approximate surface area is 265 Å². The van der Waals surface area contributed by atoms with Crippen LogP contribution in [0.2, 0.25) is 0 Å². The Bertz CT molecular complexity index is 1710. The lowest BCUT2D eigenvalue weighted by Crippen LogP contribution is -2.53. The van der Waals surface area contributed by atoms with Crippen molar-refractivity contribution in [3.8, 4) is 11.5 Å². The lowest BCUT2D eigenvalue weighted by Gasteiger charge is -2.33. The minimum Gasteiger partial charge on any atom is -0.493 e. The van der Waals surface area contributed by atoms with E-state index in [0.717, 1.165) is 26.6 Å². The van der Waals surface area contributed by atoms with Gasteiger partial charge in [-0.3, -0.25) is 13.9 Å². The molecule has 0 unspecified atom stereocenters. The van der Waals surface area contributed by atoms with Crippen molar-refractivity contribution in [2.45, 2.75) is 37.8 Å². The Hall–Kier alpha value is -4.83. The van der Waals surface area contributed by atoms with Gasteiger partial charge in [-0.05, 0) is 60.4 Å². The third kappa shape index (κ3) is 8.02. The highest BCUT2D eigenvalue weighted by atomic mass is 32.2. The van der Waals surface area contributed by atoms with Gasteiger partial charge in [-0.15, -0.1) is 0 Å². The molecule has 0 heterocycles. The molecular weight excluding hydrogens is 590 g/mol. The van der Waals surface area contributed by atoms with Crippen molar-refractivity contribution in [1.29, 1.82) is 0 Å². The van der Waals surface area contributed by atoms with Gasteiger partial charge < -0.3 is 19.7 Å². The fourth-order valence-electron chi connectivity index (χ4n) is 5.23. The van der Waals surface area contributed by atoms with Crippen LogP contribution >= 0.6 is 0 Å². The summed E-state index contributed by atoms with van der Waals surface area (Å²) in [6, 6.07) is 27.5. The van der Waals surface area contributed by atoms with Crippen LogP contribution < -0.4 is 19.1 Å². The third-order valence-corrected chi connectivity index (χ3v) is 9.20. The fraction of sp³-hybridized carbons (Fsp3) is 0.257. The predicted octanol–water partition coefficient (Wildman–Crippen LogP) is 4.90. The first kappa shape index (κ1) is 33.1. The molecule has 0 bridgehead atoms. The van der Waals surface area contributed by atoms with Crippen LogP contribution in [0.25, 0.3) is 0 Å². The number of nitrogens with zero attached hydrogens (tertiary/aromatic N) is 2. The minimum atomic E-state index is -4.31. The number of rotatable bonds is 13. The van der Waals surface area contributed by atoms with Crippen LogP contribution in [-0.2, 0) is 32.6 Å². The fourth-order valence-corrected chi connectivity index (χ4v) is 6.64. The zero-order valence-corrected chi connectivity index (χ0v) is 27.0. The van der Waals surface area contributed by atoms with E-state index in [1.807, 2.05) is 80.6 Å². The summed E-state index contributed by atoms with van der Waals surface area (Å²) in [4.78, 5) is 29.2. The SMILES string of the molecule is CNC(=O)[C@@H](Cc1ccccc1)N(Cc1ccccc1)C(=O)CN(c1cc(C)cc(C)c1)S(=O)(=O)c1ccc(OC)c(OC)c1. The standard InChI is InChI=1S/C35H39N3O6S/c1-25-18-26(2)20-29(19-25)38(45(41,42)30-16-17-32(43-4)33(22-30)44-5)24-34(39)37(23-28-14-10-7-11-15-28)31(35(40)36-3)21-27-12-8-6-9-13-27/h6-20,22,31H,21,23-24H2,1-5H3,(H,36,40)/t31-/m1/s1. The summed E-state index contributed by atoms with van der Waals surface area (Å²) in [6.45, 7) is 3.28. The van der Waals surface area contributed by atoms with Crippen LogP contribution in [0.5, 0.6) is 11.5 Å². The van der Waals surface area contributed by atoms with Crippen molar-refractivity contribution in [3.63, 3.8) is 0 Å². The summed E-state index contributed by atoms with van der Waals surface area (Å²) >= 11 is 0. The predicted molar refractivity (Wildman–Crippen MR) is 175 cm³/mol. The molecule has 10 heteroatoms. The number of likely N-dealkylation sites (N-methyl/N-ethyl adjacent to an activating group) is 1. The Balaban J connectivity index is 1.83. The molecule has 1 N–H and O–H groups in total. The van der Waals surface area contributed by atoms with Gasteiger partial charge in [-0.1, -0.05) is 66.7 Å². The largest absolute Gasteiger partial charge is 0.493 e. The van der Waals surface area contributed by atoms with Crippen molar-refractivity contribution < 1.29 is 27.5 Å². The maximum Gasteiger partial charge on any atom is 0.264 e. The van der Waals surface area contributed by atoms with E-state index in [9.17, 15) is 18.0 Å². The van der Waals surface area contributed by atoms with E-state index in [1.165, 1.54) is 44.4 Å². The molecule has 0 aliphatic heterocycles. The second-order valence-electron chi connectivity index (χ2n) is 10.7. The Morgan fingerprint density at radius 3 is 1.91 bits per heavy atom. The van der Waals surface area contributed by atoms with Crippen LogP contribution in [0.4, 0.5) is 5.69 Å². The molecule has 1 atom stereocenters. The first-order valence-corrected chi connectivity index (χ1v) is 15.9. The zero-order chi connectivity index (χ0) is 32.6. The number of nitrogens with one attached hydrogen (secondary N) is 1. The van der Waals surface area contributed by atoms with E-state index in [-0.39, 0.29) is 29.5 Å². The lowest BCUT2D eigenvalue weighted by atomic mass is 10.0. The number of methoxy groups -OCH3 is 2. The second kappa shape index (κ2) is 14.8. The molecule has 236 valence electrons. The van der Waals surface area contributed by atoms with Gasteiger partial charge in [-0.25, -0.2) is 8.42 Å². The number of hydrogen-bond donors (Lipinski definition) is 1. The molecule has 0 aliphatic carbocycles. The number of ether oxygens (including phenoxy) is 2. The number of amides is 2. The molecule has 9 nitrogen and oxygen atoms in total. The normalized spacial score (nSPS) is 11.8. The molecule has 4 aromatic carbocycles. The Kier molecular flexibility index (Phi) is 10.9. The molecule has 0 saturated heterocycles. The van der Waals surface area contributed by atoms with Gasteiger partial charge in [0.1, 0.15) is 12.6 Å². The molecule has 4 aromatic rings. The average molecular weight is 630 g/mol. The van der Waals surface area contributed by atoms with E-state index in [0.29, 0.717) is 11.4 Å². The van der Waals surface area contributed by atoms with Crippen LogP contribution in [0.3, 0.4) is 0 Å². The van der Waals surface area contributed by atoms with Gasteiger partial charge >= 0.3 is 0 Å². The maximum atomic E-state index is 14.4. The first-order valence-electron chi connectivity index (χ1n) is 14.5. The summed E-state index contributed by atoms with van der Waals surface area (Å²) in [5.74, 6) is -0.289. The summed E-state index contributed by atoms with van der Waals surface area (Å²) < 4.78 is 40.5. The number of aryl methyl sites for hydroxylation is 2. The van der Waals surface area contributed by atoms with Crippen molar-refractivity contribution in [1.82, 2.24) is 10.2 Å². The van der Waals surface area contributed by atoms with Crippen LogP contribution in [-0.4, -0.2) is 59.0 Å². The molecule has 2 amide bonds. The van der Waals surface area contributed by atoms with Gasteiger partial charge in [-0.2, -0.15) is 0 Å². The number of carbonyl (C=O) groups is 2. The smallest absolute Gasteiger partial charge is 0.264 e. The van der Waals surface area contributed by atoms with E-state index in [1.54, 1.807) is 12.1 Å². The second-order valence-corrected chi connectivity index (χ2v) is 12.6. The van der Waals surface area contributed by atoms with Crippen LogP contribution in [0, 0.1) is 13.8 Å². The number of carbonyl (C=O) groups excluding carboxylic acids is 2. The van der Waals surface area contributed by atoms with E-state index in [2.05, 4.69) is 5.32 Å². The molecule has 0 fully saturated rings. The van der Waals surface area contributed by atoms with E-state index in [4.69, 9.17) is 9.47 Å². The van der Waals surface area contributed by atoms with Gasteiger partial charge in [0.15, 0.2) is 11.5 Å². The number of anilines is 1. The number of benzene rings is 4. The number of sulfonamides is 1. The lowest BCUT2D eigenvalue weighted by molar-refractivity contribution is -0.139. The topological polar surface area (TPSA) is 105 Å². The summed E-state index contributed by atoms with van der Waals surface area (Å²) in [5, 5.41) is 2.70. The monoisotopic (exact) mass is 629 g/mol. The van der Waals surface area contributed by atoms with Crippen molar-refractivity contribution in [2.24, 2.45) is 0 Å². The summed E-state index contributed by atoms with van der Waals surface area (Å²) in [6.07, 6.45) is 0.241. The van der Waals surface area contributed by atoms with Gasteiger partial charge in [0.25, 0.3) is 10.0 Å². The van der Waals surface area contributed by atoms with E-state index >= 15 is 0 Å². The molecule has 0 aromatic heterocycles. The van der Waals surface area contributed by atoms with Gasteiger partial charge in [0.05, 0.1) is 24.8 Å². The molecule has 4 rings (SSSR count). The zero-order valence-electron chi connectivity index (χ0n) is 26.2. The summed E-state index contributed by atoms with van der Waals surface area (Å²) in [7, 11) is 0.103. The van der Waals surface area contributed by atoms with Crippen LogP contribution in [0.1, 0.15) is 22.3 Å². The average Bonchev–Trinajstić information content (AvgIpc) is 3.04. The highest BCUT2D eigenvalue weighted by molar-refractivity contribution is 7.92. The molecule has 0 saturated carbocycles. The Morgan fingerprint density at radius 1 is 0.778 bits per heavy atom. The number of hydrogen-bond acceptors (Lipinski definition) is 6. The minimum absolute atomic E-state index is 0.0751. The first-order chi connectivity index (χ1) is 21.6. The molecular formula is C35H39N3O6S. The molecule has 0 spiro atoms. The molecule has 0 aliphatic rings. The van der Waals surface area contributed by atoms with Crippen molar-refractivity contribution in [2.75, 3.05) is 32.1 Å². The quantitative estimate of drug-likeness (QED) is 0.226. The third-order valence-electron chi connectivity index (χ3n) is 7.43. The Morgan fingerprint density at radius 2 is 1.36 bits per heavy atom. The summed E-state index contributed by atoms with van der Waals surface area (Å²) in [5.41, 5.74) is 3.65. The highest BCUT2D eigenvalue weighted by Gasteiger charge is 2.34. The van der Waals surface area contributed by atoms with Gasteiger partial charge in [0, 0.05) is 26.1 Å². The molecule has 0 radical (unpaired) electrons. The van der Waals surface area contributed by atoms with Crippen molar-refractivity contribution in [3.05, 3.63) is 119 Å². The van der Waals surface area contributed by atoms with Gasteiger partial charge in [0.2, 0.25) is 11.8 Å². The highest BCUT2D eigenvalue weighted by Crippen LogP contribution is 2.33. The van der Waals surface area contributed by atoms with E-state index < -0.39 is 28.5 Å².